The summed E-state index contributed by atoms with van der Waals surface area (Å²) in [6.07, 6.45) is 0.480. The molecule has 5 heteroatoms. The van der Waals surface area contributed by atoms with Crippen LogP contribution in [0.15, 0.2) is 78.9 Å². The van der Waals surface area contributed by atoms with Crippen molar-refractivity contribution in [1.82, 2.24) is 0 Å². The Morgan fingerprint density at radius 2 is 1.31 bits per heavy atom. The normalized spacial score (nSPS) is 12.7. The Kier molecular flexibility index (Phi) is 8.70. The van der Waals surface area contributed by atoms with Crippen LogP contribution in [0.1, 0.15) is 29.5 Å². The highest BCUT2D eigenvalue weighted by molar-refractivity contribution is 5.72. The molecular weight excluding hydrogens is 404 g/mol. The molecule has 3 rings (SSSR count). The molecule has 0 amide bonds. The Hall–Kier alpha value is -3.31. The summed E-state index contributed by atoms with van der Waals surface area (Å²) in [4.78, 5) is 11.1. The van der Waals surface area contributed by atoms with Gasteiger partial charge in [-0.25, -0.2) is 4.79 Å². The molecule has 0 fully saturated rings. The number of methoxy groups -OCH3 is 1. The van der Waals surface area contributed by atoms with Gasteiger partial charge in [-0.15, -0.1) is 0 Å². The van der Waals surface area contributed by atoms with Crippen molar-refractivity contribution >= 4 is 5.97 Å². The monoisotopic (exact) mass is 434 g/mol. The van der Waals surface area contributed by atoms with Gasteiger partial charge in [0.25, 0.3) is 0 Å². The standard InChI is InChI=1S/C27H30O5/c1-20(18-21-6-4-3-5-7-21)23-10-14-25(15-11-23)32-17-16-31-24-12-8-22(9-13-24)19-26(30-2)27(28)29/h3-15,20,26H,16-19H2,1-2H3,(H,28,29)/t20?,26-/m0/s1. The molecule has 0 aliphatic carbocycles. The molecular formula is C27H30O5. The third-order valence-corrected chi connectivity index (χ3v) is 5.36. The molecule has 168 valence electrons. The zero-order chi connectivity index (χ0) is 22.8. The molecule has 0 spiro atoms. The van der Waals surface area contributed by atoms with Gasteiger partial charge in [0.1, 0.15) is 24.7 Å². The van der Waals surface area contributed by atoms with Crippen molar-refractivity contribution in [3.8, 4) is 11.5 Å². The van der Waals surface area contributed by atoms with Gasteiger partial charge in [0, 0.05) is 13.5 Å². The van der Waals surface area contributed by atoms with Crippen LogP contribution in [0.25, 0.3) is 0 Å². The molecule has 0 bridgehead atoms. The number of ether oxygens (including phenoxy) is 3. The highest BCUT2D eigenvalue weighted by Gasteiger charge is 2.16. The number of benzene rings is 3. The lowest BCUT2D eigenvalue weighted by atomic mass is 9.94. The fourth-order valence-electron chi connectivity index (χ4n) is 3.50. The Labute approximate surface area is 189 Å². The Balaban J connectivity index is 1.40. The predicted octanol–water partition coefficient (Wildman–Crippen LogP) is 5.13. The molecule has 1 unspecified atom stereocenters. The number of hydrogen-bond donors (Lipinski definition) is 1. The van der Waals surface area contributed by atoms with E-state index in [-0.39, 0.29) is 0 Å². The maximum Gasteiger partial charge on any atom is 0.333 e. The predicted molar refractivity (Wildman–Crippen MR) is 125 cm³/mol. The second-order valence-corrected chi connectivity index (χ2v) is 7.77. The summed E-state index contributed by atoms with van der Waals surface area (Å²) >= 11 is 0. The van der Waals surface area contributed by atoms with Crippen LogP contribution in [0.4, 0.5) is 0 Å². The largest absolute Gasteiger partial charge is 0.490 e. The average molecular weight is 435 g/mol. The maximum atomic E-state index is 11.1. The highest BCUT2D eigenvalue weighted by Crippen LogP contribution is 2.23. The topological polar surface area (TPSA) is 65.0 Å². The van der Waals surface area contributed by atoms with Gasteiger partial charge >= 0.3 is 5.97 Å². The van der Waals surface area contributed by atoms with E-state index in [1.165, 1.54) is 18.2 Å². The SMILES string of the molecule is CO[C@@H](Cc1ccc(OCCOc2ccc(C(C)Cc3ccccc3)cc2)cc1)C(=O)O. The van der Waals surface area contributed by atoms with Crippen molar-refractivity contribution in [2.24, 2.45) is 0 Å². The van der Waals surface area contributed by atoms with Crippen LogP contribution >= 0.6 is 0 Å². The minimum atomic E-state index is -0.969. The van der Waals surface area contributed by atoms with E-state index in [0.29, 0.717) is 31.3 Å². The summed E-state index contributed by atoms with van der Waals surface area (Å²) in [6, 6.07) is 26.1. The van der Waals surface area contributed by atoms with E-state index < -0.39 is 12.1 Å². The fourth-order valence-corrected chi connectivity index (χ4v) is 3.50. The van der Waals surface area contributed by atoms with E-state index in [4.69, 9.17) is 19.3 Å². The van der Waals surface area contributed by atoms with E-state index in [2.05, 4.69) is 43.3 Å². The van der Waals surface area contributed by atoms with Gasteiger partial charge in [0.2, 0.25) is 0 Å². The van der Waals surface area contributed by atoms with Gasteiger partial charge in [-0.1, -0.05) is 61.5 Å². The first-order valence-electron chi connectivity index (χ1n) is 10.8. The van der Waals surface area contributed by atoms with Crippen molar-refractivity contribution in [2.45, 2.75) is 31.8 Å². The molecule has 5 nitrogen and oxygen atoms in total. The minimum absolute atomic E-state index is 0.315. The quantitative estimate of drug-likeness (QED) is 0.400. The first-order chi connectivity index (χ1) is 15.5. The van der Waals surface area contributed by atoms with Crippen LogP contribution in [-0.2, 0) is 22.4 Å². The first-order valence-corrected chi connectivity index (χ1v) is 10.8. The van der Waals surface area contributed by atoms with E-state index in [1.54, 1.807) is 0 Å². The molecule has 32 heavy (non-hydrogen) atoms. The molecule has 0 radical (unpaired) electrons. The lowest BCUT2D eigenvalue weighted by Gasteiger charge is -2.14. The van der Waals surface area contributed by atoms with Crippen molar-refractivity contribution in [3.63, 3.8) is 0 Å². The van der Waals surface area contributed by atoms with Gasteiger partial charge in [0.05, 0.1) is 0 Å². The second kappa shape index (κ2) is 11.9. The van der Waals surface area contributed by atoms with E-state index in [1.807, 2.05) is 42.5 Å². The van der Waals surface area contributed by atoms with Crippen LogP contribution in [0.5, 0.6) is 11.5 Å². The molecule has 3 aromatic carbocycles. The van der Waals surface area contributed by atoms with Crippen LogP contribution in [0.2, 0.25) is 0 Å². The number of carboxylic acids is 1. The molecule has 0 aromatic heterocycles. The van der Waals surface area contributed by atoms with Crippen LogP contribution in [0.3, 0.4) is 0 Å². The number of carbonyl (C=O) groups is 1. The Morgan fingerprint density at radius 1 is 0.781 bits per heavy atom. The van der Waals surface area contributed by atoms with Crippen molar-refractivity contribution in [3.05, 3.63) is 95.6 Å². The molecule has 1 N–H and O–H groups in total. The summed E-state index contributed by atoms with van der Waals surface area (Å²) in [5.41, 5.74) is 3.51. The Bertz CT molecular complexity index is 952. The summed E-state index contributed by atoms with van der Waals surface area (Å²) in [7, 11) is 1.40. The van der Waals surface area contributed by atoms with Gasteiger partial charge in [-0.3, -0.25) is 0 Å². The molecule has 3 aromatic rings. The Morgan fingerprint density at radius 3 is 1.84 bits per heavy atom. The van der Waals surface area contributed by atoms with Gasteiger partial charge < -0.3 is 19.3 Å². The zero-order valence-electron chi connectivity index (χ0n) is 18.6. The lowest BCUT2D eigenvalue weighted by Crippen LogP contribution is -2.24. The van der Waals surface area contributed by atoms with Crippen molar-refractivity contribution < 1.29 is 24.1 Å². The summed E-state index contributed by atoms with van der Waals surface area (Å²) in [5.74, 6) is 1.00. The maximum absolute atomic E-state index is 11.1. The number of aliphatic carboxylic acids is 1. The summed E-state index contributed by atoms with van der Waals surface area (Å²) in [6.45, 7) is 3.09. The minimum Gasteiger partial charge on any atom is -0.490 e. The van der Waals surface area contributed by atoms with Gasteiger partial charge in [-0.2, -0.15) is 0 Å². The zero-order valence-corrected chi connectivity index (χ0v) is 18.6. The van der Waals surface area contributed by atoms with E-state index in [0.717, 1.165) is 17.7 Å². The van der Waals surface area contributed by atoms with E-state index >= 15 is 0 Å². The third kappa shape index (κ3) is 7.13. The van der Waals surface area contributed by atoms with E-state index in [9.17, 15) is 4.79 Å². The van der Waals surface area contributed by atoms with Crippen molar-refractivity contribution in [1.29, 1.82) is 0 Å². The fraction of sp³-hybridized carbons (Fsp3) is 0.296. The second-order valence-electron chi connectivity index (χ2n) is 7.77. The highest BCUT2D eigenvalue weighted by atomic mass is 16.5. The lowest BCUT2D eigenvalue weighted by molar-refractivity contribution is -0.148. The molecule has 2 atom stereocenters. The third-order valence-electron chi connectivity index (χ3n) is 5.36. The van der Waals surface area contributed by atoms with Crippen LogP contribution < -0.4 is 9.47 Å². The molecule has 0 aliphatic heterocycles. The average Bonchev–Trinajstić information content (AvgIpc) is 2.82. The number of hydrogen-bond acceptors (Lipinski definition) is 4. The number of rotatable bonds is 12. The molecule has 0 saturated carbocycles. The smallest absolute Gasteiger partial charge is 0.333 e. The summed E-state index contributed by atoms with van der Waals surface area (Å²) in [5, 5.41) is 9.06. The van der Waals surface area contributed by atoms with Crippen molar-refractivity contribution in [2.75, 3.05) is 20.3 Å². The molecule has 0 heterocycles. The van der Waals surface area contributed by atoms with Crippen LogP contribution in [-0.4, -0.2) is 37.5 Å². The first kappa shape index (κ1) is 23.4. The van der Waals surface area contributed by atoms with Crippen LogP contribution in [0, 0.1) is 0 Å². The summed E-state index contributed by atoms with van der Waals surface area (Å²) < 4.78 is 16.5. The number of carboxylic acid groups (broad SMARTS) is 1. The molecule has 0 aliphatic rings. The van der Waals surface area contributed by atoms with Gasteiger partial charge in [-0.05, 0) is 53.3 Å². The molecule has 0 saturated heterocycles. The van der Waals surface area contributed by atoms with Gasteiger partial charge in [0.15, 0.2) is 6.10 Å².